The Morgan fingerprint density at radius 3 is 2.54 bits per heavy atom. The Morgan fingerprint density at radius 2 is 1.83 bits per heavy atom. The zero-order valence-corrected chi connectivity index (χ0v) is 20.8. The average Bonchev–Trinajstić information content (AvgIpc) is 2.86. The molecule has 3 aromatic rings. The van der Waals surface area contributed by atoms with Crippen molar-refractivity contribution < 1.29 is 14.3 Å². The van der Waals surface area contributed by atoms with E-state index in [1.807, 2.05) is 71.6 Å². The van der Waals surface area contributed by atoms with E-state index in [1.54, 1.807) is 18.0 Å². The highest BCUT2D eigenvalue weighted by Crippen LogP contribution is 2.34. The largest absolute Gasteiger partial charge is 0.461 e. The van der Waals surface area contributed by atoms with Crippen LogP contribution >= 0.6 is 11.8 Å². The number of thioether (sulfide) groups is 1. The first-order chi connectivity index (χ1) is 17.0. The Kier molecular flexibility index (Phi) is 8.26. The van der Waals surface area contributed by atoms with Gasteiger partial charge in [0.05, 0.1) is 17.3 Å². The summed E-state index contributed by atoms with van der Waals surface area (Å²) in [6.45, 7) is 5.10. The Morgan fingerprint density at radius 1 is 1.11 bits per heavy atom. The number of fused-ring (bicyclic) bond motifs is 1. The van der Waals surface area contributed by atoms with E-state index in [-0.39, 0.29) is 18.0 Å². The van der Waals surface area contributed by atoms with Crippen LogP contribution in [0.5, 0.6) is 11.6 Å². The highest BCUT2D eigenvalue weighted by molar-refractivity contribution is 8.00. The molecule has 2 aromatic carbocycles. The highest BCUT2D eigenvalue weighted by Gasteiger charge is 2.28. The lowest BCUT2D eigenvalue weighted by atomic mass is 10.1. The van der Waals surface area contributed by atoms with E-state index in [0.29, 0.717) is 36.5 Å². The van der Waals surface area contributed by atoms with Crippen LogP contribution in [0, 0.1) is 0 Å². The van der Waals surface area contributed by atoms with Crippen molar-refractivity contribution in [3.8, 4) is 11.6 Å². The first-order valence-corrected chi connectivity index (χ1v) is 12.6. The number of para-hydroxylation sites is 1. The number of pyridine rings is 1. The van der Waals surface area contributed by atoms with E-state index in [9.17, 15) is 4.79 Å². The molecule has 0 amide bonds. The molecular formula is C27H30N4O3S. The van der Waals surface area contributed by atoms with Crippen LogP contribution < -0.4 is 10.5 Å². The minimum Gasteiger partial charge on any atom is -0.461 e. The van der Waals surface area contributed by atoms with Gasteiger partial charge in [0.1, 0.15) is 12.4 Å². The zero-order chi connectivity index (χ0) is 24.6. The molecule has 35 heavy (non-hydrogen) atoms. The van der Waals surface area contributed by atoms with Crippen molar-refractivity contribution in [3.63, 3.8) is 0 Å². The molecule has 7 nitrogen and oxygen atoms in total. The molecule has 0 radical (unpaired) electrons. The third-order valence-corrected chi connectivity index (χ3v) is 6.74. The number of aliphatic imine (C=N–C) groups is 1. The molecule has 1 aromatic heterocycles. The van der Waals surface area contributed by atoms with Crippen LogP contribution in [0.15, 0.2) is 77.9 Å². The van der Waals surface area contributed by atoms with Crippen LogP contribution in [-0.2, 0) is 22.7 Å². The lowest BCUT2D eigenvalue weighted by molar-refractivity contribution is -0.145. The standard InChI is InChI=1S/C27H30N4O3S/c1-19(2)35-25(13-14-26(32)33-18-20-9-5-3-6-10-20)31-17-21-15-24(29-16-23(21)30-27(31)28)34-22-11-7-4-8-12-22/h3-12,15-16,19,25H,13-14,17-18H2,1-2H3,(H2,28,30). The number of nitrogens with zero attached hydrogens (tertiary/aromatic N) is 3. The van der Waals surface area contributed by atoms with E-state index in [1.165, 1.54) is 0 Å². The van der Waals surface area contributed by atoms with Gasteiger partial charge in [-0.2, -0.15) is 0 Å². The van der Waals surface area contributed by atoms with Crippen molar-refractivity contribution in [2.24, 2.45) is 10.7 Å². The maximum Gasteiger partial charge on any atom is 0.306 e. The predicted octanol–water partition coefficient (Wildman–Crippen LogP) is 5.63. The van der Waals surface area contributed by atoms with Gasteiger partial charge >= 0.3 is 5.97 Å². The van der Waals surface area contributed by atoms with Crippen LogP contribution in [0.4, 0.5) is 5.69 Å². The summed E-state index contributed by atoms with van der Waals surface area (Å²) in [5, 5.41) is 0.326. The smallest absolute Gasteiger partial charge is 0.306 e. The van der Waals surface area contributed by atoms with Gasteiger partial charge in [0, 0.05) is 29.8 Å². The number of esters is 1. The van der Waals surface area contributed by atoms with Crippen LogP contribution in [0.1, 0.15) is 37.8 Å². The summed E-state index contributed by atoms with van der Waals surface area (Å²) in [6, 6.07) is 21.1. The van der Waals surface area contributed by atoms with Gasteiger partial charge in [-0.05, 0) is 24.1 Å². The topological polar surface area (TPSA) is 90.0 Å². The lowest BCUT2D eigenvalue weighted by Gasteiger charge is -2.35. The van der Waals surface area contributed by atoms with Gasteiger partial charge in [-0.15, -0.1) is 11.8 Å². The average molecular weight is 491 g/mol. The van der Waals surface area contributed by atoms with Gasteiger partial charge in [0.15, 0.2) is 5.96 Å². The third kappa shape index (κ3) is 6.99. The molecule has 2 N–H and O–H groups in total. The first-order valence-electron chi connectivity index (χ1n) is 11.7. The molecule has 1 aliphatic rings. The second-order valence-electron chi connectivity index (χ2n) is 8.49. The monoisotopic (exact) mass is 490 g/mol. The second-order valence-corrected chi connectivity index (χ2v) is 10.2. The molecule has 0 bridgehead atoms. The van der Waals surface area contributed by atoms with Crippen LogP contribution in [0.2, 0.25) is 0 Å². The number of ether oxygens (including phenoxy) is 2. The molecule has 0 spiro atoms. The molecule has 0 aliphatic carbocycles. The molecule has 0 fully saturated rings. The summed E-state index contributed by atoms with van der Waals surface area (Å²) in [6.07, 6.45) is 2.58. The van der Waals surface area contributed by atoms with Gasteiger partial charge in [-0.3, -0.25) is 4.79 Å². The summed E-state index contributed by atoms with van der Waals surface area (Å²) in [7, 11) is 0. The SMILES string of the molecule is CC(C)SC(CCC(=O)OCc1ccccc1)N1Cc2cc(Oc3ccccc3)ncc2N=C1N. The molecule has 0 saturated carbocycles. The fraction of sp³-hybridized carbons (Fsp3) is 0.296. The Balaban J connectivity index is 1.42. The minimum absolute atomic E-state index is 0.0252. The Bertz CT molecular complexity index is 1160. The van der Waals surface area contributed by atoms with Gasteiger partial charge in [0.2, 0.25) is 5.88 Å². The molecule has 1 aliphatic heterocycles. The number of rotatable bonds is 10. The summed E-state index contributed by atoms with van der Waals surface area (Å²) in [5.41, 5.74) is 9.04. The molecule has 0 saturated heterocycles. The third-order valence-electron chi connectivity index (χ3n) is 5.39. The maximum atomic E-state index is 12.5. The number of carbonyl (C=O) groups excluding carboxylic acids is 1. The predicted molar refractivity (Wildman–Crippen MR) is 140 cm³/mol. The van der Waals surface area contributed by atoms with Crippen LogP contribution in [-0.4, -0.2) is 32.4 Å². The van der Waals surface area contributed by atoms with Gasteiger partial charge < -0.3 is 20.1 Å². The number of carbonyl (C=O) groups is 1. The van der Waals surface area contributed by atoms with Crippen LogP contribution in [0.3, 0.4) is 0 Å². The maximum absolute atomic E-state index is 12.5. The summed E-state index contributed by atoms with van der Waals surface area (Å²) >= 11 is 1.76. The first kappa shape index (κ1) is 24.6. The van der Waals surface area contributed by atoms with Crippen molar-refractivity contribution in [2.45, 2.75) is 50.5 Å². The molecule has 8 heteroatoms. The molecule has 182 valence electrons. The zero-order valence-electron chi connectivity index (χ0n) is 20.0. The molecule has 1 atom stereocenters. The molecule has 2 heterocycles. The number of aromatic nitrogens is 1. The van der Waals surface area contributed by atoms with Crippen molar-refractivity contribution in [1.82, 2.24) is 9.88 Å². The number of hydrogen-bond donors (Lipinski definition) is 1. The normalized spacial score (nSPS) is 13.7. The molecule has 4 rings (SSSR count). The van der Waals surface area contributed by atoms with E-state index in [2.05, 4.69) is 23.8 Å². The van der Waals surface area contributed by atoms with Gasteiger partial charge in [-0.25, -0.2) is 9.98 Å². The fourth-order valence-electron chi connectivity index (χ4n) is 3.72. The van der Waals surface area contributed by atoms with Crippen molar-refractivity contribution in [2.75, 3.05) is 0 Å². The molecular weight excluding hydrogens is 460 g/mol. The Hall–Kier alpha value is -3.52. The van der Waals surface area contributed by atoms with Gasteiger partial charge in [0.25, 0.3) is 0 Å². The van der Waals surface area contributed by atoms with Gasteiger partial charge in [-0.1, -0.05) is 62.4 Å². The van der Waals surface area contributed by atoms with E-state index in [0.717, 1.165) is 22.6 Å². The summed E-state index contributed by atoms with van der Waals surface area (Å²) in [5.74, 6) is 1.42. The number of hydrogen-bond acceptors (Lipinski definition) is 8. The quantitative estimate of drug-likeness (QED) is 0.369. The number of benzene rings is 2. The van der Waals surface area contributed by atoms with Crippen molar-refractivity contribution in [3.05, 3.63) is 84.1 Å². The second kappa shape index (κ2) is 11.8. The number of guanidine groups is 1. The van der Waals surface area contributed by atoms with Crippen molar-refractivity contribution >= 4 is 29.4 Å². The van der Waals surface area contributed by atoms with E-state index >= 15 is 0 Å². The fourth-order valence-corrected chi connectivity index (χ4v) is 4.94. The summed E-state index contributed by atoms with van der Waals surface area (Å²) < 4.78 is 11.4. The molecule has 1 unspecified atom stereocenters. The minimum atomic E-state index is -0.223. The summed E-state index contributed by atoms with van der Waals surface area (Å²) in [4.78, 5) is 23.5. The Labute approximate surface area is 210 Å². The van der Waals surface area contributed by atoms with E-state index in [4.69, 9.17) is 15.2 Å². The number of nitrogens with two attached hydrogens (primary N) is 1. The van der Waals surface area contributed by atoms with E-state index < -0.39 is 0 Å². The van der Waals surface area contributed by atoms with Crippen molar-refractivity contribution in [1.29, 1.82) is 0 Å². The lowest BCUT2D eigenvalue weighted by Crippen LogP contribution is -2.44. The van der Waals surface area contributed by atoms with Crippen LogP contribution in [0.25, 0.3) is 0 Å². The highest BCUT2D eigenvalue weighted by atomic mass is 32.2.